The van der Waals surface area contributed by atoms with E-state index in [0.717, 1.165) is 13.1 Å². The van der Waals surface area contributed by atoms with E-state index in [-0.39, 0.29) is 18.6 Å². The summed E-state index contributed by atoms with van der Waals surface area (Å²) in [6.07, 6.45) is 0. The minimum atomic E-state index is -0.548. The summed E-state index contributed by atoms with van der Waals surface area (Å²) in [5, 5.41) is 0. The lowest BCUT2D eigenvalue weighted by atomic mass is 10.1. The lowest BCUT2D eigenvalue weighted by molar-refractivity contribution is -0.119. The van der Waals surface area contributed by atoms with Crippen molar-refractivity contribution >= 4 is 11.8 Å². The van der Waals surface area contributed by atoms with E-state index in [1.54, 1.807) is 24.3 Å². The van der Waals surface area contributed by atoms with Gasteiger partial charge in [0.05, 0.1) is 19.3 Å². The molecule has 2 N–H and O–H groups in total. The summed E-state index contributed by atoms with van der Waals surface area (Å²) in [4.78, 5) is 28.0. The van der Waals surface area contributed by atoms with Crippen molar-refractivity contribution in [2.24, 2.45) is 11.7 Å². The van der Waals surface area contributed by atoms with Crippen LogP contribution in [-0.4, -0.2) is 74.2 Å². The lowest BCUT2D eigenvalue weighted by Gasteiger charge is -2.29. The molecule has 0 unspecified atom stereocenters. The molecular formula is C17H23N3O4. The zero-order chi connectivity index (χ0) is 17.1. The van der Waals surface area contributed by atoms with Gasteiger partial charge in [-0.2, -0.15) is 0 Å². The highest BCUT2D eigenvalue weighted by Crippen LogP contribution is 2.22. The van der Waals surface area contributed by atoms with Crippen LogP contribution in [0, 0.1) is 5.92 Å². The normalized spacial score (nSPS) is 24.3. The number of likely N-dealkylation sites (N-methyl/N-ethyl adjacent to an activating group) is 1. The number of carbonyl (C=O) groups is 2. The molecule has 0 saturated carbocycles. The van der Waals surface area contributed by atoms with Crippen LogP contribution in [0.25, 0.3) is 0 Å². The van der Waals surface area contributed by atoms with Crippen molar-refractivity contribution in [1.29, 1.82) is 0 Å². The van der Waals surface area contributed by atoms with Crippen LogP contribution >= 0.6 is 0 Å². The molecule has 7 heteroatoms. The van der Waals surface area contributed by atoms with Crippen molar-refractivity contribution in [3.8, 4) is 5.75 Å². The summed E-state index contributed by atoms with van der Waals surface area (Å²) in [7, 11) is 2.08. The van der Waals surface area contributed by atoms with Crippen LogP contribution in [-0.2, 0) is 9.53 Å². The monoisotopic (exact) mass is 333 g/mol. The molecule has 0 aromatic heterocycles. The van der Waals surface area contributed by atoms with E-state index >= 15 is 0 Å². The van der Waals surface area contributed by atoms with Crippen LogP contribution in [0.2, 0.25) is 0 Å². The maximum absolute atomic E-state index is 13.0. The first-order valence-electron chi connectivity index (χ1n) is 8.11. The smallest absolute Gasteiger partial charge is 0.255 e. The molecule has 0 spiro atoms. The zero-order valence-electron chi connectivity index (χ0n) is 13.8. The molecule has 2 heterocycles. The molecule has 2 atom stereocenters. The molecule has 2 aliphatic rings. The molecule has 1 aromatic carbocycles. The highest BCUT2D eigenvalue weighted by molar-refractivity contribution is 5.95. The number of nitrogens with zero attached hydrogens (tertiary/aromatic N) is 2. The van der Waals surface area contributed by atoms with Crippen molar-refractivity contribution in [3.05, 3.63) is 29.8 Å². The maximum atomic E-state index is 13.0. The second kappa shape index (κ2) is 7.19. The topological polar surface area (TPSA) is 85.1 Å². The Morgan fingerprint density at radius 1 is 1.29 bits per heavy atom. The molecule has 3 rings (SSSR count). The molecule has 1 aromatic rings. The number of benzene rings is 1. The Labute approximate surface area is 141 Å². The average molecular weight is 333 g/mol. The SMILES string of the molecule is CN1C[C@@H]2COC[C@H](C1)N(C(=O)c1cccc(OCC(N)=O)c1)C2. The molecule has 24 heavy (non-hydrogen) atoms. The quantitative estimate of drug-likeness (QED) is 0.835. The summed E-state index contributed by atoms with van der Waals surface area (Å²) < 4.78 is 11.0. The Kier molecular flexibility index (Phi) is 5.01. The minimum Gasteiger partial charge on any atom is -0.484 e. The van der Waals surface area contributed by atoms with Crippen LogP contribution in [0.5, 0.6) is 5.75 Å². The predicted octanol–water partition coefficient (Wildman–Crippen LogP) is -0.0467. The summed E-state index contributed by atoms with van der Waals surface area (Å²) >= 11 is 0. The van der Waals surface area contributed by atoms with E-state index in [4.69, 9.17) is 15.2 Å². The zero-order valence-corrected chi connectivity index (χ0v) is 13.8. The van der Waals surface area contributed by atoms with Gasteiger partial charge in [0.25, 0.3) is 11.8 Å². The van der Waals surface area contributed by atoms with Crippen molar-refractivity contribution in [1.82, 2.24) is 9.80 Å². The van der Waals surface area contributed by atoms with E-state index < -0.39 is 5.91 Å². The van der Waals surface area contributed by atoms with Crippen molar-refractivity contribution in [2.45, 2.75) is 6.04 Å². The fourth-order valence-electron chi connectivity index (χ4n) is 3.37. The highest BCUT2D eigenvalue weighted by Gasteiger charge is 2.35. The van der Waals surface area contributed by atoms with Gasteiger partial charge in [0, 0.05) is 31.1 Å². The van der Waals surface area contributed by atoms with Crippen molar-refractivity contribution < 1.29 is 19.1 Å². The fraction of sp³-hybridized carbons (Fsp3) is 0.529. The first-order valence-corrected chi connectivity index (χ1v) is 8.11. The average Bonchev–Trinajstić information content (AvgIpc) is 2.82. The Hall–Kier alpha value is -2.12. The van der Waals surface area contributed by atoms with Gasteiger partial charge < -0.3 is 25.0 Å². The fourth-order valence-corrected chi connectivity index (χ4v) is 3.37. The number of carbonyl (C=O) groups excluding carboxylic acids is 2. The third kappa shape index (κ3) is 3.85. The molecule has 2 amide bonds. The number of primary amides is 1. The number of amides is 2. The number of nitrogens with two attached hydrogens (primary N) is 1. The summed E-state index contributed by atoms with van der Waals surface area (Å²) in [5.41, 5.74) is 5.63. The number of ether oxygens (including phenoxy) is 2. The molecule has 130 valence electrons. The highest BCUT2D eigenvalue weighted by atomic mass is 16.5. The molecule has 7 nitrogen and oxygen atoms in total. The molecule has 2 fully saturated rings. The molecule has 0 radical (unpaired) electrons. The van der Waals surface area contributed by atoms with E-state index in [2.05, 4.69) is 11.9 Å². The van der Waals surface area contributed by atoms with Gasteiger partial charge in [0.1, 0.15) is 5.75 Å². The third-order valence-corrected chi connectivity index (χ3v) is 4.37. The standard InChI is InChI=1S/C17H23N3O4/c1-19-6-12-7-20(14(8-19)10-23-9-12)17(22)13-3-2-4-15(5-13)24-11-16(18)21/h2-5,12,14H,6-11H2,1H3,(H2,18,21)/t12-,14-/m0/s1. The Morgan fingerprint density at radius 2 is 2.12 bits per heavy atom. The van der Waals surface area contributed by atoms with Crippen LogP contribution in [0.1, 0.15) is 10.4 Å². The lowest BCUT2D eigenvalue weighted by Crippen LogP contribution is -2.45. The van der Waals surface area contributed by atoms with Gasteiger partial charge in [-0.15, -0.1) is 0 Å². The number of fused-ring (bicyclic) bond motifs is 3. The second-order valence-electron chi connectivity index (χ2n) is 6.52. The van der Waals surface area contributed by atoms with Gasteiger partial charge in [-0.3, -0.25) is 9.59 Å². The molecular weight excluding hydrogens is 310 g/mol. The van der Waals surface area contributed by atoms with Gasteiger partial charge >= 0.3 is 0 Å². The first kappa shape index (κ1) is 16.7. The van der Waals surface area contributed by atoms with Gasteiger partial charge in [0.2, 0.25) is 0 Å². The van der Waals surface area contributed by atoms with Crippen molar-refractivity contribution in [3.63, 3.8) is 0 Å². The number of rotatable bonds is 4. The van der Waals surface area contributed by atoms with Gasteiger partial charge in [0.15, 0.2) is 6.61 Å². The third-order valence-electron chi connectivity index (χ3n) is 4.37. The Balaban J connectivity index is 1.78. The predicted molar refractivity (Wildman–Crippen MR) is 87.8 cm³/mol. The molecule has 2 bridgehead atoms. The van der Waals surface area contributed by atoms with E-state index in [1.165, 1.54) is 0 Å². The molecule has 2 saturated heterocycles. The summed E-state index contributed by atoms with van der Waals surface area (Å²) in [6, 6.07) is 6.92. The summed E-state index contributed by atoms with van der Waals surface area (Å²) in [5.74, 6) is 0.204. The van der Waals surface area contributed by atoms with Crippen LogP contribution in [0.3, 0.4) is 0 Å². The van der Waals surface area contributed by atoms with E-state index in [1.807, 2.05) is 4.90 Å². The molecule has 0 aliphatic carbocycles. The second-order valence-corrected chi connectivity index (χ2v) is 6.52. The number of hydrogen-bond donors (Lipinski definition) is 1. The van der Waals surface area contributed by atoms with Gasteiger partial charge in [-0.1, -0.05) is 6.07 Å². The van der Waals surface area contributed by atoms with Crippen molar-refractivity contribution in [2.75, 3.05) is 46.5 Å². The maximum Gasteiger partial charge on any atom is 0.255 e. The summed E-state index contributed by atoms with van der Waals surface area (Å²) in [6.45, 7) is 3.48. The van der Waals surface area contributed by atoms with E-state index in [0.29, 0.717) is 37.0 Å². The first-order chi connectivity index (χ1) is 11.5. The Morgan fingerprint density at radius 3 is 2.92 bits per heavy atom. The van der Waals surface area contributed by atoms with Gasteiger partial charge in [-0.05, 0) is 25.2 Å². The minimum absolute atomic E-state index is 0.0321. The van der Waals surface area contributed by atoms with Crippen LogP contribution in [0.4, 0.5) is 0 Å². The van der Waals surface area contributed by atoms with E-state index in [9.17, 15) is 9.59 Å². The van der Waals surface area contributed by atoms with Gasteiger partial charge in [-0.25, -0.2) is 0 Å². The molecule has 2 aliphatic heterocycles. The largest absolute Gasteiger partial charge is 0.484 e. The van der Waals surface area contributed by atoms with Crippen LogP contribution in [0.15, 0.2) is 24.3 Å². The Bertz CT molecular complexity index is 622. The number of hydrogen-bond acceptors (Lipinski definition) is 5. The van der Waals surface area contributed by atoms with Crippen LogP contribution < -0.4 is 10.5 Å².